The van der Waals surface area contributed by atoms with Crippen LogP contribution in [0.1, 0.15) is 26.7 Å². The number of nitrogens with one attached hydrogen (secondary N) is 1. The van der Waals surface area contributed by atoms with E-state index in [1.807, 2.05) is 13.8 Å². The highest BCUT2D eigenvalue weighted by Crippen LogP contribution is 2.24. The molecule has 1 aromatic carbocycles. The van der Waals surface area contributed by atoms with E-state index in [2.05, 4.69) is 5.32 Å². The number of carbonyl (C=O) groups excluding carboxylic acids is 1. The summed E-state index contributed by atoms with van der Waals surface area (Å²) in [5, 5.41) is 3.37. The lowest BCUT2D eigenvalue weighted by atomic mass is 10.0. The molecule has 0 unspecified atom stereocenters. The summed E-state index contributed by atoms with van der Waals surface area (Å²) in [6.07, 6.45) is 1.42. The molecule has 0 bridgehead atoms. The van der Waals surface area contributed by atoms with Gasteiger partial charge in [-0.3, -0.25) is 0 Å². The molecule has 128 valence electrons. The number of hydrogen-bond donors (Lipinski definition) is 1. The number of halogens is 1. The third-order valence-corrected chi connectivity index (χ3v) is 3.82. The lowest BCUT2D eigenvalue weighted by Gasteiger charge is -2.32. The molecular weight excluding hydrogens is 299 g/mol. The van der Waals surface area contributed by atoms with Crippen molar-refractivity contribution in [2.75, 3.05) is 32.1 Å². The third-order valence-electron chi connectivity index (χ3n) is 3.82. The number of nitrogens with zero attached hydrogens (tertiary/aromatic N) is 1. The molecule has 2 rings (SSSR count). The minimum Gasteiger partial charge on any atom is -0.494 e. The Morgan fingerprint density at radius 3 is 2.70 bits per heavy atom. The third kappa shape index (κ3) is 5.01. The SMILES string of the molecule is COc1cc(NC2CCN(C(=O)OCC(C)C)CC2)ccc1F. The summed E-state index contributed by atoms with van der Waals surface area (Å²) >= 11 is 0. The van der Waals surface area contributed by atoms with E-state index in [1.54, 1.807) is 17.0 Å². The van der Waals surface area contributed by atoms with Crippen molar-refractivity contribution < 1.29 is 18.7 Å². The monoisotopic (exact) mass is 324 g/mol. The molecule has 6 heteroatoms. The second kappa shape index (κ2) is 8.04. The van der Waals surface area contributed by atoms with Gasteiger partial charge in [-0.05, 0) is 30.9 Å². The highest BCUT2D eigenvalue weighted by atomic mass is 19.1. The number of anilines is 1. The van der Waals surface area contributed by atoms with Crippen molar-refractivity contribution in [3.8, 4) is 5.75 Å². The quantitative estimate of drug-likeness (QED) is 0.900. The number of piperidine rings is 1. The van der Waals surface area contributed by atoms with Crippen LogP contribution < -0.4 is 10.1 Å². The molecule has 5 nitrogen and oxygen atoms in total. The topological polar surface area (TPSA) is 50.8 Å². The molecular formula is C17H25FN2O3. The Labute approximate surface area is 136 Å². The van der Waals surface area contributed by atoms with Gasteiger partial charge in [-0.15, -0.1) is 0 Å². The Morgan fingerprint density at radius 2 is 2.09 bits per heavy atom. The van der Waals surface area contributed by atoms with Gasteiger partial charge in [0.15, 0.2) is 11.6 Å². The lowest BCUT2D eigenvalue weighted by Crippen LogP contribution is -2.42. The Bertz CT molecular complexity index is 529. The van der Waals surface area contributed by atoms with Gasteiger partial charge in [0.25, 0.3) is 0 Å². The highest BCUT2D eigenvalue weighted by molar-refractivity contribution is 5.67. The van der Waals surface area contributed by atoms with Gasteiger partial charge in [-0.25, -0.2) is 9.18 Å². The van der Waals surface area contributed by atoms with Gasteiger partial charge >= 0.3 is 6.09 Å². The van der Waals surface area contributed by atoms with Gasteiger partial charge in [0.05, 0.1) is 13.7 Å². The maximum absolute atomic E-state index is 13.4. The van der Waals surface area contributed by atoms with Crippen LogP contribution >= 0.6 is 0 Å². The van der Waals surface area contributed by atoms with Crippen molar-refractivity contribution in [2.24, 2.45) is 5.92 Å². The molecule has 0 aliphatic carbocycles. The van der Waals surface area contributed by atoms with E-state index in [0.29, 0.717) is 25.6 Å². The molecule has 23 heavy (non-hydrogen) atoms. The molecule has 0 atom stereocenters. The number of methoxy groups -OCH3 is 1. The molecule has 1 N–H and O–H groups in total. The van der Waals surface area contributed by atoms with Crippen LogP contribution in [-0.2, 0) is 4.74 Å². The van der Waals surface area contributed by atoms with Crippen LogP contribution in [0.4, 0.5) is 14.9 Å². The highest BCUT2D eigenvalue weighted by Gasteiger charge is 2.24. The van der Waals surface area contributed by atoms with Crippen LogP contribution in [0.5, 0.6) is 5.75 Å². The maximum Gasteiger partial charge on any atom is 0.409 e. The minimum atomic E-state index is -0.374. The number of ether oxygens (including phenoxy) is 2. The van der Waals surface area contributed by atoms with E-state index in [1.165, 1.54) is 13.2 Å². The molecule has 1 aromatic rings. The van der Waals surface area contributed by atoms with Crippen molar-refractivity contribution in [3.05, 3.63) is 24.0 Å². The van der Waals surface area contributed by atoms with E-state index in [0.717, 1.165) is 18.5 Å². The number of hydrogen-bond acceptors (Lipinski definition) is 4. The van der Waals surface area contributed by atoms with E-state index >= 15 is 0 Å². The molecule has 1 aliphatic rings. The zero-order valence-electron chi connectivity index (χ0n) is 14.0. The predicted molar refractivity (Wildman–Crippen MR) is 87.4 cm³/mol. The van der Waals surface area contributed by atoms with Crippen LogP contribution in [0.3, 0.4) is 0 Å². The summed E-state index contributed by atoms with van der Waals surface area (Å²) in [6.45, 7) is 5.80. The average molecular weight is 324 g/mol. The van der Waals surface area contributed by atoms with Crippen LogP contribution in [-0.4, -0.2) is 43.8 Å². The molecule has 0 radical (unpaired) electrons. The Kier molecular flexibility index (Phi) is 6.07. The lowest BCUT2D eigenvalue weighted by molar-refractivity contribution is 0.0845. The van der Waals surface area contributed by atoms with Gasteiger partial charge in [-0.1, -0.05) is 13.8 Å². The molecule has 1 aliphatic heterocycles. The average Bonchev–Trinajstić information content (AvgIpc) is 2.55. The first-order valence-electron chi connectivity index (χ1n) is 8.01. The van der Waals surface area contributed by atoms with Gasteiger partial charge in [0, 0.05) is 30.9 Å². The van der Waals surface area contributed by atoms with Crippen LogP contribution in [0.2, 0.25) is 0 Å². The van der Waals surface area contributed by atoms with Gasteiger partial charge in [-0.2, -0.15) is 0 Å². The molecule has 0 spiro atoms. The van der Waals surface area contributed by atoms with Crippen molar-refractivity contribution >= 4 is 11.8 Å². The smallest absolute Gasteiger partial charge is 0.409 e. The Hall–Kier alpha value is -1.98. The molecule has 1 fully saturated rings. The number of amides is 1. The zero-order valence-corrected chi connectivity index (χ0v) is 14.0. The summed E-state index contributed by atoms with van der Waals surface area (Å²) in [5.41, 5.74) is 0.823. The second-order valence-corrected chi connectivity index (χ2v) is 6.23. The van der Waals surface area contributed by atoms with Crippen LogP contribution in [0.15, 0.2) is 18.2 Å². The maximum atomic E-state index is 13.4. The summed E-state index contributed by atoms with van der Waals surface area (Å²) < 4.78 is 23.6. The Morgan fingerprint density at radius 1 is 1.39 bits per heavy atom. The first-order chi connectivity index (χ1) is 11.0. The normalized spacial score (nSPS) is 15.6. The number of likely N-dealkylation sites (tertiary alicyclic amines) is 1. The minimum absolute atomic E-state index is 0.227. The van der Waals surface area contributed by atoms with Gasteiger partial charge < -0.3 is 19.7 Å². The molecule has 0 aromatic heterocycles. The van der Waals surface area contributed by atoms with Crippen molar-refractivity contribution in [3.63, 3.8) is 0 Å². The molecule has 0 saturated carbocycles. The van der Waals surface area contributed by atoms with E-state index in [9.17, 15) is 9.18 Å². The van der Waals surface area contributed by atoms with Crippen LogP contribution in [0, 0.1) is 11.7 Å². The molecule has 1 heterocycles. The van der Waals surface area contributed by atoms with Crippen LogP contribution in [0.25, 0.3) is 0 Å². The standard InChI is InChI=1S/C17H25FN2O3/c1-12(2)11-23-17(21)20-8-6-13(7-9-20)19-14-4-5-15(18)16(10-14)22-3/h4-5,10,12-13,19H,6-9,11H2,1-3H3. The fourth-order valence-electron chi connectivity index (χ4n) is 2.52. The largest absolute Gasteiger partial charge is 0.494 e. The summed E-state index contributed by atoms with van der Waals surface area (Å²) in [4.78, 5) is 13.7. The van der Waals surface area contributed by atoms with E-state index in [-0.39, 0.29) is 23.7 Å². The van der Waals surface area contributed by atoms with Gasteiger partial charge in [0.1, 0.15) is 0 Å². The number of carbonyl (C=O) groups is 1. The first kappa shape index (κ1) is 17.4. The summed E-state index contributed by atoms with van der Waals surface area (Å²) in [5.74, 6) is 0.192. The van der Waals surface area contributed by atoms with Crippen molar-refractivity contribution in [1.82, 2.24) is 4.90 Å². The fraction of sp³-hybridized carbons (Fsp3) is 0.588. The predicted octanol–water partition coefficient (Wildman–Crippen LogP) is 3.50. The van der Waals surface area contributed by atoms with E-state index < -0.39 is 0 Å². The zero-order chi connectivity index (χ0) is 16.8. The van der Waals surface area contributed by atoms with Gasteiger partial charge in [0.2, 0.25) is 0 Å². The Balaban J connectivity index is 1.81. The number of rotatable bonds is 5. The summed E-state index contributed by atoms with van der Waals surface area (Å²) in [6, 6.07) is 4.98. The second-order valence-electron chi connectivity index (χ2n) is 6.23. The van der Waals surface area contributed by atoms with E-state index in [4.69, 9.17) is 9.47 Å². The van der Waals surface area contributed by atoms with Crippen molar-refractivity contribution in [1.29, 1.82) is 0 Å². The number of benzene rings is 1. The van der Waals surface area contributed by atoms with Crippen molar-refractivity contribution in [2.45, 2.75) is 32.7 Å². The fourth-order valence-corrected chi connectivity index (χ4v) is 2.52. The summed E-state index contributed by atoms with van der Waals surface area (Å²) in [7, 11) is 1.45. The first-order valence-corrected chi connectivity index (χ1v) is 8.01. The molecule has 1 saturated heterocycles. The molecule has 1 amide bonds.